The van der Waals surface area contributed by atoms with Crippen LogP contribution in [0.5, 0.6) is 0 Å². The molecule has 1 N–H and O–H groups in total. The van der Waals surface area contributed by atoms with Crippen LogP contribution in [0.2, 0.25) is 5.02 Å². The maximum Gasteiger partial charge on any atom is 0.0551 e. The SMILES string of the molecule is C[C@@]12CCc3c(cc(Cl)c4ccccc34)[C@@H]1C[C@H](O)C2. The van der Waals surface area contributed by atoms with E-state index in [0.29, 0.717) is 5.92 Å². The minimum atomic E-state index is -0.152. The zero-order chi connectivity index (χ0) is 13.9. The molecule has 3 atom stereocenters. The van der Waals surface area contributed by atoms with Crippen molar-refractivity contribution in [1.82, 2.24) is 0 Å². The van der Waals surface area contributed by atoms with E-state index in [1.54, 1.807) is 0 Å². The second-order valence-corrected chi connectivity index (χ2v) is 7.18. The van der Waals surface area contributed by atoms with Gasteiger partial charge < -0.3 is 5.11 Å². The average molecular weight is 287 g/mol. The lowest BCUT2D eigenvalue weighted by Crippen LogP contribution is -2.26. The summed E-state index contributed by atoms with van der Waals surface area (Å²) in [4.78, 5) is 0. The lowest BCUT2D eigenvalue weighted by Gasteiger charge is -2.38. The van der Waals surface area contributed by atoms with Crippen molar-refractivity contribution in [3.05, 3.63) is 46.5 Å². The van der Waals surface area contributed by atoms with Crippen molar-refractivity contribution in [2.45, 2.75) is 44.6 Å². The molecule has 0 spiro atoms. The highest BCUT2D eigenvalue weighted by molar-refractivity contribution is 6.35. The summed E-state index contributed by atoms with van der Waals surface area (Å²) < 4.78 is 0. The number of benzene rings is 2. The molecule has 2 heteroatoms. The fraction of sp³-hybridized carbons (Fsp3) is 0.444. The van der Waals surface area contributed by atoms with Crippen molar-refractivity contribution in [3.63, 3.8) is 0 Å². The molecule has 1 nitrogen and oxygen atoms in total. The van der Waals surface area contributed by atoms with Crippen LogP contribution in [0.3, 0.4) is 0 Å². The van der Waals surface area contributed by atoms with E-state index in [9.17, 15) is 5.11 Å². The van der Waals surface area contributed by atoms with E-state index in [-0.39, 0.29) is 11.5 Å². The molecule has 2 aromatic rings. The van der Waals surface area contributed by atoms with Crippen LogP contribution in [-0.2, 0) is 6.42 Å². The van der Waals surface area contributed by atoms with Gasteiger partial charge in [-0.2, -0.15) is 0 Å². The Morgan fingerprint density at radius 3 is 2.80 bits per heavy atom. The predicted octanol–water partition coefficient (Wildman–Crippen LogP) is 4.68. The van der Waals surface area contributed by atoms with E-state index < -0.39 is 0 Å². The number of rotatable bonds is 0. The molecular weight excluding hydrogens is 268 g/mol. The van der Waals surface area contributed by atoms with Crippen molar-refractivity contribution in [2.24, 2.45) is 5.41 Å². The van der Waals surface area contributed by atoms with E-state index in [4.69, 9.17) is 11.6 Å². The van der Waals surface area contributed by atoms with Gasteiger partial charge in [-0.1, -0.05) is 42.8 Å². The van der Waals surface area contributed by atoms with Crippen LogP contribution in [0.4, 0.5) is 0 Å². The minimum Gasteiger partial charge on any atom is -0.393 e. The lowest BCUT2D eigenvalue weighted by molar-refractivity contribution is 0.159. The van der Waals surface area contributed by atoms with Crippen molar-refractivity contribution in [1.29, 1.82) is 0 Å². The molecule has 2 aliphatic rings. The van der Waals surface area contributed by atoms with Crippen LogP contribution < -0.4 is 0 Å². The van der Waals surface area contributed by atoms with Crippen LogP contribution in [0, 0.1) is 5.41 Å². The summed E-state index contributed by atoms with van der Waals surface area (Å²) in [5, 5.41) is 13.4. The molecular formula is C18H19ClO. The van der Waals surface area contributed by atoms with Gasteiger partial charge in [0.15, 0.2) is 0 Å². The summed E-state index contributed by atoms with van der Waals surface area (Å²) in [7, 11) is 0. The quantitative estimate of drug-likeness (QED) is 0.745. The van der Waals surface area contributed by atoms with E-state index in [1.807, 2.05) is 6.07 Å². The lowest BCUT2D eigenvalue weighted by atomic mass is 9.66. The molecule has 0 saturated heterocycles. The standard InChI is InChI=1S/C18H19ClO/c1-18-7-6-13-12-4-2-3-5-14(12)17(19)9-15(13)16(18)8-11(20)10-18/h2-5,9,11,16,20H,6-8,10H2,1H3/t11-,16-,18-/m0/s1. The number of hydrogen-bond acceptors (Lipinski definition) is 1. The molecule has 2 aromatic carbocycles. The third kappa shape index (κ3) is 1.66. The molecule has 104 valence electrons. The Kier molecular flexibility index (Phi) is 2.68. The summed E-state index contributed by atoms with van der Waals surface area (Å²) in [6, 6.07) is 10.6. The van der Waals surface area contributed by atoms with Crippen LogP contribution in [-0.4, -0.2) is 11.2 Å². The van der Waals surface area contributed by atoms with Crippen LogP contribution in [0.15, 0.2) is 30.3 Å². The molecule has 1 saturated carbocycles. The Labute approximate surface area is 124 Å². The molecule has 20 heavy (non-hydrogen) atoms. The zero-order valence-corrected chi connectivity index (χ0v) is 12.5. The minimum absolute atomic E-state index is 0.152. The Hall–Kier alpha value is -1.05. The van der Waals surface area contributed by atoms with Gasteiger partial charge in [0.25, 0.3) is 0 Å². The highest BCUT2D eigenvalue weighted by Crippen LogP contribution is 2.56. The van der Waals surface area contributed by atoms with Crippen molar-refractivity contribution < 1.29 is 5.11 Å². The third-order valence-corrected chi connectivity index (χ3v) is 5.83. The molecule has 1 fully saturated rings. The normalized spacial score (nSPS) is 32.1. The molecule has 2 aliphatic carbocycles. The van der Waals surface area contributed by atoms with E-state index >= 15 is 0 Å². The molecule has 0 aliphatic heterocycles. The van der Waals surface area contributed by atoms with Crippen LogP contribution in [0.25, 0.3) is 10.8 Å². The van der Waals surface area contributed by atoms with Gasteiger partial charge in [0.05, 0.1) is 6.10 Å². The highest BCUT2D eigenvalue weighted by Gasteiger charge is 2.47. The van der Waals surface area contributed by atoms with Gasteiger partial charge in [0.1, 0.15) is 0 Å². The second kappa shape index (κ2) is 4.22. The van der Waals surface area contributed by atoms with Crippen molar-refractivity contribution >= 4 is 22.4 Å². The Balaban J connectivity index is 1.98. The second-order valence-electron chi connectivity index (χ2n) is 6.77. The molecule has 4 rings (SSSR count). The Bertz CT molecular complexity index is 693. The Morgan fingerprint density at radius 1 is 1.25 bits per heavy atom. The fourth-order valence-corrected chi connectivity index (χ4v) is 4.79. The number of fused-ring (bicyclic) bond motifs is 5. The summed E-state index contributed by atoms with van der Waals surface area (Å²) in [6.07, 6.45) is 3.95. The van der Waals surface area contributed by atoms with Gasteiger partial charge in [-0.05, 0) is 59.6 Å². The number of aliphatic hydroxyl groups is 1. The maximum atomic E-state index is 10.1. The first-order valence-corrected chi connectivity index (χ1v) is 7.84. The molecule has 0 heterocycles. The Morgan fingerprint density at radius 2 is 2.00 bits per heavy atom. The summed E-state index contributed by atoms with van der Waals surface area (Å²) in [6.45, 7) is 2.33. The van der Waals surface area contributed by atoms with Crippen LogP contribution in [0.1, 0.15) is 43.2 Å². The van der Waals surface area contributed by atoms with E-state index in [2.05, 4.69) is 31.2 Å². The molecule has 0 unspecified atom stereocenters. The fourth-order valence-electron chi connectivity index (χ4n) is 4.51. The largest absolute Gasteiger partial charge is 0.393 e. The molecule has 0 radical (unpaired) electrons. The average Bonchev–Trinajstić information content (AvgIpc) is 2.74. The van der Waals surface area contributed by atoms with Crippen molar-refractivity contribution in [2.75, 3.05) is 0 Å². The van der Waals surface area contributed by atoms with Gasteiger partial charge >= 0.3 is 0 Å². The number of aryl methyl sites for hydroxylation is 1. The van der Waals surface area contributed by atoms with Crippen LogP contribution >= 0.6 is 11.6 Å². The van der Waals surface area contributed by atoms with Gasteiger partial charge in [-0.3, -0.25) is 0 Å². The van der Waals surface area contributed by atoms with Gasteiger partial charge in [-0.25, -0.2) is 0 Å². The van der Waals surface area contributed by atoms with E-state index in [1.165, 1.54) is 22.9 Å². The molecule has 0 aromatic heterocycles. The molecule has 0 bridgehead atoms. The summed E-state index contributed by atoms with van der Waals surface area (Å²) in [5.41, 5.74) is 3.10. The number of aliphatic hydroxyl groups excluding tert-OH is 1. The number of halogens is 1. The van der Waals surface area contributed by atoms with Gasteiger partial charge in [0.2, 0.25) is 0 Å². The van der Waals surface area contributed by atoms with E-state index in [0.717, 1.165) is 29.7 Å². The first-order valence-electron chi connectivity index (χ1n) is 7.46. The topological polar surface area (TPSA) is 20.2 Å². The number of hydrogen-bond donors (Lipinski definition) is 1. The first-order chi connectivity index (χ1) is 9.58. The molecule has 0 amide bonds. The first kappa shape index (κ1) is 12.7. The van der Waals surface area contributed by atoms with Crippen molar-refractivity contribution in [3.8, 4) is 0 Å². The zero-order valence-electron chi connectivity index (χ0n) is 11.7. The van der Waals surface area contributed by atoms with Gasteiger partial charge in [0, 0.05) is 10.4 Å². The maximum absolute atomic E-state index is 10.1. The predicted molar refractivity (Wildman–Crippen MR) is 83.4 cm³/mol. The highest BCUT2D eigenvalue weighted by atomic mass is 35.5. The monoisotopic (exact) mass is 286 g/mol. The smallest absolute Gasteiger partial charge is 0.0551 e. The third-order valence-electron chi connectivity index (χ3n) is 5.51. The summed E-state index contributed by atoms with van der Waals surface area (Å²) in [5.74, 6) is 0.461. The summed E-state index contributed by atoms with van der Waals surface area (Å²) >= 11 is 6.50. The van der Waals surface area contributed by atoms with Gasteiger partial charge in [-0.15, -0.1) is 0 Å².